The molecule has 0 atom stereocenters. The van der Waals surface area contributed by atoms with Crippen LogP contribution in [0.4, 0.5) is 0 Å². The van der Waals surface area contributed by atoms with Crippen LogP contribution in [-0.4, -0.2) is 26.2 Å². The van der Waals surface area contributed by atoms with E-state index < -0.39 is 0 Å². The van der Waals surface area contributed by atoms with Gasteiger partial charge in [0.25, 0.3) is 0 Å². The highest BCUT2D eigenvalue weighted by Crippen LogP contribution is 2.17. The Labute approximate surface area is 187 Å². The molecule has 0 radical (unpaired) electrons. The van der Waals surface area contributed by atoms with Gasteiger partial charge < -0.3 is 19.8 Å². The number of furan rings is 1. The first-order valence-corrected chi connectivity index (χ1v) is 9.92. The number of nitrogens with zero attached hydrogens (tertiary/aromatic N) is 1. The van der Waals surface area contributed by atoms with Gasteiger partial charge >= 0.3 is 0 Å². The van der Waals surface area contributed by atoms with Gasteiger partial charge in [-0.05, 0) is 36.1 Å². The molecule has 7 heteroatoms. The Morgan fingerprint density at radius 3 is 2.57 bits per heavy atom. The van der Waals surface area contributed by atoms with Crippen LogP contribution in [0.1, 0.15) is 16.2 Å². The Balaban J connectivity index is 0.00000280. The summed E-state index contributed by atoms with van der Waals surface area (Å²) in [6.07, 6.45) is 3.49. The second-order valence-electron chi connectivity index (χ2n) is 5.99. The number of ether oxygens (including phenoxy) is 1. The zero-order chi connectivity index (χ0) is 18.7. The second-order valence-corrected chi connectivity index (χ2v) is 7.02. The number of aliphatic imine (C=N–C) groups is 1. The topological polar surface area (TPSA) is 58.8 Å². The zero-order valence-corrected chi connectivity index (χ0v) is 19.0. The van der Waals surface area contributed by atoms with Gasteiger partial charge in [-0.2, -0.15) is 0 Å². The molecule has 0 amide bonds. The molecule has 0 saturated heterocycles. The quantitative estimate of drug-likeness (QED) is 0.253. The molecule has 3 rings (SSSR count). The zero-order valence-electron chi connectivity index (χ0n) is 15.9. The summed E-state index contributed by atoms with van der Waals surface area (Å²) in [5, 5.41) is 8.91. The van der Waals surface area contributed by atoms with Crippen LogP contribution in [-0.2, 0) is 19.4 Å². The van der Waals surface area contributed by atoms with Gasteiger partial charge in [0.15, 0.2) is 5.96 Å². The highest BCUT2D eigenvalue weighted by atomic mass is 127. The van der Waals surface area contributed by atoms with E-state index >= 15 is 0 Å². The third-order valence-corrected chi connectivity index (χ3v) is 5.02. The van der Waals surface area contributed by atoms with Gasteiger partial charge in [0.1, 0.15) is 11.5 Å². The maximum atomic E-state index is 5.42. The fourth-order valence-electron chi connectivity index (χ4n) is 2.69. The second kappa shape index (κ2) is 12.5. The van der Waals surface area contributed by atoms with E-state index in [2.05, 4.69) is 28.1 Å². The van der Waals surface area contributed by atoms with Crippen LogP contribution in [0.3, 0.4) is 0 Å². The lowest BCUT2D eigenvalue weighted by Crippen LogP contribution is -2.39. The first kappa shape index (κ1) is 22.3. The van der Waals surface area contributed by atoms with E-state index in [9.17, 15) is 0 Å². The molecule has 5 nitrogen and oxygen atoms in total. The van der Waals surface area contributed by atoms with Crippen molar-refractivity contribution in [2.24, 2.45) is 4.99 Å². The summed E-state index contributed by atoms with van der Waals surface area (Å²) < 4.78 is 10.8. The van der Waals surface area contributed by atoms with Crippen LogP contribution in [0.25, 0.3) is 0 Å². The minimum atomic E-state index is 0. The van der Waals surface area contributed by atoms with E-state index in [1.54, 1.807) is 24.7 Å². The third kappa shape index (κ3) is 7.20. The van der Waals surface area contributed by atoms with Gasteiger partial charge in [-0.1, -0.05) is 24.3 Å². The first-order valence-electron chi connectivity index (χ1n) is 9.04. The van der Waals surface area contributed by atoms with Crippen molar-refractivity contribution in [2.45, 2.75) is 19.4 Å². The van der Waals surface area contributed by atoms with Crippen molar-refractivity contribution in [3.63, 3.8) is 0 Å². The van der Waals surface area contributed by atoms with Crippen molar-refractivity contribution in [3.05, 3.63) is 76.4 Å². The van der Waals surface area contributed by atoms with Crippen LogP contribution in [0, 0.1) is 0 Å². The molecule has 1 aromatic carbocycles. The summed E-state index contributed by atoms with van der Waals surface area (Å²) >= 11 is 1.78. The van der Waals surface area contributed by atoms with E-state index in [0.29, 0.717) is 6.54 Å². The van der Waals surface area contributed by atoms with Gasteiger partial charge in [-0.25, -0.2) is 4.99 Å². The SMILES string of the molecule is COc1ccccc1CN=C(NCCc1ccco1)NCCc1cccs1.I. The average Bonchev–Trinajstić information content (AvgIpc) is 3.40. The summed E-state index contributed by atoms with van der Waals surface area (Å²) in [4.78, 5) is 6.09. The molecule has 3 aromatic rings. The number of para-hydroxylation sites is 1. The number of guanidine groups is 1. The molecule has 0 fully saturated rings. The number of rotatable bonds is 9. The first-order chi connectivity index (χ1) is 13.3. The van der Waals surface area contributed by atoms with Crippen LogP contribution in [0.15, 0.2) is 69.6 Å². The predicted octanol–water partition coefficient (Wildman–Crippen LogP) is 4.49. The summed E-state index contributed by atoms with van der Waals surface area (Å²) in [5.41, 5.74) is 1.06. The monoisotopic (exact) mass is 511 g/mol. The molecule has 150 valence electrons. The number of halogens is 1. The summed E-state index contributed by atoms with van der Waals surface area (Å²) in [6.45, 7) is 2.14. The summed E-state index contributed by atoms with van der Waals surface area (Å²) in [6, 6.07) is 16.1. The predicted molar refractivity (Wildman–Crippen MR) is 126 cm³/mol. The molecular formula is C21H26IN3O2S. The van der Waals surface area contributed by atoms with Gasteiger partial charge in [-0.15, -0.1) is 35.3 Å². The molecule has 0 aliphatic carbocycles. The van der Waals surface area contributed by atoms with Crippen LogP contribution in [0.5, 0.6) is 5.75 Å². The number of thiophene rings is 1. The van der Waals surface area contributed by atoms with Crippen LogP contribution in [0.2, 0.25) is 0 Å². The maximum Gasteiger partial charge on any atom is 0.191 e. The molecule has 2 N–H and O–H groups in total. The van der Waals surface area contributed by atoms with Crippen molar-refractivity contribution in [3.8, 4) is 5.75 Å². The number of methoxy groups -OCH3 is 1. The molecule has 2 heterocycles. The van der Waals surface area contributed by atoms with E-state index in [1.165, 1.54) is 4.88 Å². The van der Waals surface area contributed by atoms with Gasteiger partial charge in [-0.3, -0.25) is 0 Å². The van der Waals surface area contributed by atoms with E-state index in [0.717, 1.165) is 49.0 Å². The normalized spacial score (nSPS) is 11.0. The van der Waals surface area contributed by atoms with E-state index in [-0.39, 0.29) is 24.0 Å². The molecule has 0 saturated carbocycles. The van der Waals surface area contributed by atoms with Crippen molar-refractivity contribution in [2.75, 3.05) is 20.2 Å². The van der Waals surface area contributed by atoms with Crippen molar-refractivity contribution >= 4 is 41.3 Å². The Hall–Kier alpha value is -2.00. The molecule has 0 unspecified atom stereocenters. The van der Waals surface area contributed by atoms with Crippen molar-refractivity contribution in [1.29, 1.82) is 0 Å². The van der Waals surface area contributed by atoms with Gasteiger partial charge in [0.05, 0.1) is 19.9 Å². The number of hydrogen-bond acceptors (Lipinski definition) is 4. The molecule has 28 heavy (non-hydrogen) atoms. The fraction of sp³-hybridized carbons (Fsp3) is 0.286. The number of benzene rings is 1. The fourth-order valence-corrected chi connectivity index (χ4v) is 3.40. The van der Waals surface area contributed by atoms with Crippen molar-refractivity contribution in [1.82, 2.24) is 10.6 Å². The minimum Gasteiger partial charge on any atom is -0.496 e. The Morgan fingerprint density at radius 2 is 1.86 bits per heavy atom. The lowest BCUT2D eigenvalue weighted by molar-refractivity contribution is 0.410. The van der Waals surface area contributed by atoms with Crippen LogP contribution < -0.4 is 15.4 Å². The Bertz CT molecular complexity index is 778. The highest BCUT2D eigenvalue weighted by molar-refractivity contribution is 14.0. The molecule has 2 aromatic heterocycles. The molecular weight excluding hydrogens is 485 g/mol. The molecule has 0 spiro atoms. The number of hydrogen-bond donors (Lipinski definition) is 2. The highest BCUT2D eigenvalue weighted by Gasteiger charge is 2.04. The molecule has 0 aliphatic heterocycles. The van der Waals surface area contributed by atoms with Gasteiger partial charge in [0, 0.05) is 30.0 Å². The number of nitrogens with one attached hydrogen (secondary N) is 2. The lowest BCUT2D eigenvalue weighted by atomic mass is 10.2. The lowest BCUT2D eigenvalue weighted by Gasteiger charge is -2.13. The Morgan fingerprint density at radius 1 is 1.04 bits per heavy atom. The molecule has 0 aliphatic rings. The summed E-state index contributed by atoms with van der Waals surface area (Å²) in [5.74, 6) is 2.61. The molecule has 0 bridgehead atoms. The average molecular weight is 511 g/mol. The maximum absolute atomic E-state index is 5.42. The Kier molecular flexibility index (Phi) is 9.92. The third-order valence-electron chi connectivity index (χ3n) is 4.09. The standard InChI is InChI=1S/C21H25N3O2S.HI/c1-25-20-9-3-2-6-17(20)16-24-21(22-12-10-18-7-4-14-26-18)23-13-11-19-8-5-15-27-19;/h2-9,14-15H,10-13,16H2,1H3,(H2,22,23,24);1H. The smallest absolute Gasteiger partial charge is 0.191 e. The van der Waals surface area contributed by atoms with E-state index in [4.69, 9.17) is 14.1 Å². The van der Waals surface area contributed by atoms with Crippen molar-refractivity contribution < 1.29 is 9.15 Å². The van der Waals surface area contributed by atoms with Gasteiger partial charge in [0.2, 0.25) is 0 Å². The largest absolute Gasteiger partial charge is 0.496 e. The minimum absolute atomic E-state index is 0. The summed E-state index contributed by atoms with van der Waals surface area (Å²) in [7, 11) is 1.68. The van der Waals surface area contributed by atoms with E-state index in [1.807, 2.05) is 36.4 Å². The van der Waals surface area contributed by atoms with Crippen LogP contribution >= 0.6 is 35.3 Å².